The van der Waals surface area contributed by atoms with Crippen molar-refractivity contribution in [3.8, 4) is 0 Å². The van der Waals surface area contributed by atoms with Crippen LogP contribution in [0.15, 0.2) is 22.8 Å². The average Bonchev–Trinajstić information content (AvgIpc) is 2.54. The highest BCUT2D eigenvalue weighted by molar-refractivity contribution is 5.11. The van der Waals surface area contributed by atoms with Gasteiger partial charge >= 0.3 is 0 Å². The normalized spacial score (nSPS) is 12.8. The van der Waals surface area contributed by atoms with E-state index in [0.717, 1.165) is 0 Å². The summed E-state index contributed by atoms with van der Waals surface area (Å²) in [6.45, 7) is 8.01. The molecule has 1 aromatic rings. The van der Waals surface area contributed by atoms with Crippen LogP contribution in [0.4, 0.5) is 0 Å². The van der Waals surface area contributed by atoms with Crippen molar-refractivity contribution in [3.63, 3.8) is 0 Å². The Hall–Kier alpha value is -0.760. The molecule has 0 aliphatic heterocycles. The van der Waals surface area contributed by atoms with Crippen LogP contribution in [0.2, 0.25) is 0 Å². The Bertz CT molecular complexity index is 239. The van der Waals surface area contributed by atoms with Crippen molar-refractivity contribution in [1.29, 1.82) is 0 Å². The first-order chi connectivity index (χ1) is 5.99. The van der Waals surface area contributed by atoms with Crippen LogP contribution < -0.4 is 0 Å². The highest BCUT2D eigenvalue weighted by Crippen LogP contribution is 2.36. The minimum atomic E-state index is -0.844. The van der Waals surface area contributed by atoms with E-state index in [1.54, 1.807) is 6.26 Å². The molecule has 0 saturated heterocycles. The third kappa shape index (κ3) is 1.63. The van der Waals surface area contributed by atoms with E-state index < -0.39 is 5.60 Å². The van der Waals surface area contributed by atoms with Gasteiger partial charge in [-0.05, 0) is 24.0 Å². The lowest BCUT2D eigenvalue weighted by Gasteiger charge is -2.34. The van der Waals surface area contributed by atoms with Gasteiger partial charge in [-0.2, -0.15) is 0 Å². The van der Waals surface area contributed by atoms with Crippen LogP contribution in [0.3, 0.4) is 0 Å². The molecule has 0 amide bonds. The molecular weight excluding hydrogens is 164 g/mol. The zero-order valence-electron chi connectivity index (χ0n) is 8.74. The fourth-order valence-electron chi connectivity index (χ4n) is 1.74. The van der Waals surface area contributed by atoms with E-state index >= 15 is 0 Å². The summed E-state index contributed by atoms with van der Waals surface area (Å²) in [6, 6.07) is 3.64. The van der Waals surface area contributed by atoms with Crippen LogP contribution in [-0.4, -0.2) is 5.11 Å². The van der Waals surface area contributed by atoms with Gasteiger partial charge in [0.15, 0.2) is 0 Å². The van der Waals surface area contributed by atoms with Gasteiger partial charge in [-0.15, -0.1) is 0 Å². The number of rotatable bonds is 3. The molecule has 0 radical (unpaired) electrons. The first-order valence-corrected chi connectivity index (χ1v) is 4.76. The first kappa shape index (κ1) is 10.3. The van der Waals surface area contributed by atoms with Crippen molar-refractivity contribution >= 4 is 0 Å². The summed E-state index contributed by atoms with van der Waals surface area (Å²) in [5.74, 6) is 0.967. The van der Waals surface area contributed by atoms with Crippen molar-refractivity contribution in [2.24, 2.45) is 11.8 Å². The molecule has 0 bridgehead atoms. The molecule has 1 rings (SSSR count). The molecule has 0 aromatic carbocycles. The van der Waals surface area contributed by atoms with Crippen LogP contribution in [0.25, 0.3) is 0 Å². The van der Waals surface area contributed by atoms with Gasteiger partial charge in [-0.1, -0.05) is 27.7 Å². The molecule has 0 saturated carbocycles. The lowest BCUT2D eigenvalue weighted by Crippen LogP contribution is -2.37. The topological polar surface area (TPSA) is 33.4 Å². The van der Waals surface area contributed by atoms with Gasteiger partial charge in [0.25, 0.3) is 0 Å². The lowest BCUT2D eigenvalue weighted by molar-refractivity contribution is -0.0702. The molecule has 0 fully saturated rings. The van der Waals surface area contributed by atoms with Crippen molar-refractivity contribution in [2.45, 2.75) is 33.3 Å². The van der Waals surface area contributed by atoms with Crippen molar-refractivity contribution in [1.82, 2.24) is 0 Å². The summed E-state index contributed by atoms with van der Waals surface area (Å²) in [5.41, 5.74) is -0.844. The zero-order valence-corrected chi connectivity index (χ0v) is 8.74. The zero-order chi connectivity index (χ0) is 10.1. The van der Waals surface area contributed by atoms with Gasteiger partial charge in [0, 0.05) is 0 Å². The quantitative estimate of drug-likeness (QED) is 0.779. The fourth-order valence-corrected chi connectivity index (χ4v) is 1.74. The number of furan rings is 1. The van der Waals surface area contributed by atoms with Gasteiger partial charge in [-0.25, -0.2) is 0 Å². The third-order valence-electron chi connectivity index (χ3n) is 2.68. The van der Waals surface area contributed by atoms with Crippen LogP contribution >= 0.6 is 0 Å². The standard InChI is InChI=1S/C11H18O2/c1-8(2)11(12,9(3)4)10-6-5-7-13-10/h5-9,12H,1-4H3. The SMILES string of the molecule is CC(C)C(O)(c1ccco1)C(C)C. The Labute approximate surface area is 79.6 Å². The number of aliphatic hydroxyl groups is 1. The Morgan fingerprint density at radius 2 is 1.77 bits per heavy atom. The summed E-state index contributed by atoms with van der Waals surface area (Å²) < 4.78 is 5.27. The molecule has 0 atom stereocenters. The van der Waals surface area contributed by atoms with E-state index in [2.05, 4.69) is 0 Å². The summed E-state index contributed by atoms with van der Waals surface area (Å²) in [5, 5.41) is 10.4. The molecule has 2 nitrogen and oxygen atoms in total. The molecule has 74 valence electrons. The molecule has 13 heavy (non-hydrogen) atoms. The average molecular weight is 182 g/mol. The Kier molecular flexibility index (Phi) is 2.81. The Morgan fingerprint density at radius 1 is 1.23 bits per heavy atom. The Balaban J connectivity index is 3.06. The van der Waals surface area contributed by atoms with Crippen molar-refractivity contribution < 1.29 is 9.52 Å². The summed E-state index contributed by atoms with van der Waals surface area (Å²) >= 11 is 0. The lowest BCUT2D eigenvalue weighted by atomic mass is 9.78. The van der Waals surface area contributed by atoms with Crippen molar-refractivity contribution in [2.75, 3.05) is 0 Å². The van der Waals surface area contributed by atoms with E-state index in [4.69, 9.17) is 4.42 Å². The maximum absolute atomic E-state index is 10.4. The second-order valence-corrected chi connectivity index (χ2v) is 4.11. The molecule has 0 unspecified atom stereocenters. The fraction of sp³-hybridized carbons (Fsp3) is 0.636. The van der Waals surface area contributed by atoms with E-state index in [1.165, 1.54) is 0 Å². The smallest absolute Gasteiger partial charge is 0.135 e. The largest absolute Gasteiger partial charge is 0.466 e. The van der Waals surface area contributed by atoms with E-state index in [1.807, 2.05) is 39.8 Å². The molecule has 2 heteroatoms. The van der Waals surface area contributed by atoms with Crippen molar-refractivity contribution in [3.05, 3.63) is 24.2 Å². The molecule has 1 heterocycles. The Morgan fingerprint density at radius 3 is 2.08 bits per heavy atom. The van der Waals surface area contributed by atoms with E-state index in [9.17, 15) is 5.11 Å². The van der Waals surface area contributed by atoms with Crippen LogP contribution in [0, 0.1) is 11.8 Å². The van der Waals surface area contributed by atoms with Gasteiger partial charge in [0.1, 0.15) is 11.4 Å². The number of hydrogen-bond donors (Lipinski definition) is 1. The molecule has 0 spiro atoms. The second-order valence-electron chi connectivity index (χ2n) is 4.11. The van der Waals surface area contributed by atoms with Crippen LogP contribution in [0.5, 0.6) is 0 Å². The number of hydrogen-bond acceptors (Lipinski definition) is 2. The molecular formula is C11H18O2. The van der Waals surface area contributed by atoms with E-state index in [-0.39, 0.29) is 11.8 Å². The molecule has 0 aliphatic rings. The summed E-state index contributed by atoms with van der Waals surface area (Å²) in [4.78, 5) is 0. The predicted molar refractivity (Wildman–Crippen MR) is 52.3 cm³/mol. The predicted octanol–water partition coefficient (Wildman–Crippen LogP) is 2.78. The minimum absolute atomic E-state index is 0.152. The van der Waals surface area contributed by atoms with Gasteiger partial charge in [0.2, 0.25) is 0 Å². The first-order valence-electron chi connectivity index (χ1n) is 4.76. The minimum Gasteiger partial charge on any atom is -0.466 e. The van der Waals surface area contributed by atoms with Crippen LogP contribution in [-0.2, 0) is 5.60 Å². The molecule has 1 N–H and O–H groups in total. The van der Waals surface area contributed by atoms with Gasteiger partial charge < -0.3 is 9.52 Å². The third-order valence-corrected chi connectivity index (χ3v) is 2.68. The second kappa shape index (κ2) is 3.54. The highest BCUT2D eigenvalue weighted by atomic mass is 16.4. The van der Waals surface area contributed by atoms with E-state index in [0.29, 0.717) is 5.76 Å². The maximum atomic E-state index is 10.4. The molecule has 1 aromatic heterocycles. The monoisotopic (exact) mass is 182 g/mol. The summed E-state index contributed by atoms with van der Waals surface area (Å²) in [6.07, 6.45) is 1.60. The maximum Gasteiger partial charge on any atom is 0.135 e. The van der Waals surface area contributed by atoms with Crippen LogP contribution in [0.1, 0.15) is 33.5 Å². The molecule has 0 aliphatic carbocycles. The highest BCUT2D eigenvalue weighted by Gasteiger charge is 2.38. The van der Waals surface area contributed by atoms with Gasteiger partial charge in [0.05, 0.1) is 6.26 Å². The summed E-state index contributed by atoms with van der Waals surface area (Å²) in [7, 11) is 0. The van der Waals surface area contributed by atoms with Gasteiger partial charge in [-0.3, -0.25) is 0 Å².